The molecule has 144 valence electrons. The van der Waals surface area contributed by atoms with Crippen molar-refractivity contribution in [2.75, 3.05) is 32.8 Å². The summed E-state index contributed by atoms with van der Waals surface area (Å²) in [7, 11) is -3.81. The van der Waals surface area contributed by atoms with Gasteiger partial charge in [0.05, 0.1) is 10.5 Å². The standard InChI is InChI=1S/C18H21N3O5S/c1-2-3-8-18(23)26-14-17(22)20-9-11-21(12-10-20)27(24,25)16-7-5-4-6-15(16)13-19/h3-8H,2,9-12,14H2,1H3/b8-3+. The van der Waals surface area contributed by atoms with Crippen molar-refractivity contribution in [3.63, 3.8) is 0 Å². The van der Waals surface area contributed by atoms with E-state index in [9.17, 15) is 18.0 Å². The zero-order chi connectivity index (χ0) is 19.9. The van der Waals surface area contributed by atoms with Gasteiger partial charge in [0.1, 0.15) is 6.07 Å². The second-order valence-corrected chi connectivity index (χ2v) is 7.72. The first kappa shape index (κ1) is 20.6. The van der Waals surface area contributed by atoms with E-state index in [0.717, 1.165) is 0 Å². The molecule has 1 amide bonds. The molecule has 0 radical (unpaired) electrons. The molecule has 1 fully saturated rings. The predicted octanol–water partition coefficient (Wildman–Crippen LogP) is 0.901. The van der Waals surface area contributed by atoms with Gasteiger partial charge in [-0.05, 0) is 18.6 Å². The minimum absolute atomic E-state index is 0.0380. The summed E-state index contributed by atoms with van der Waals surface area (Å²) in [5, 5.41) is 9.12. The number of sulfonamides is 1. The van der Waals surface area contributed by atoms with Gasteiger partial charge >= 0.3 is 5.97 Å². The van der Waals surface area contributed by atoms with Gasteiger partial charge in [-0.3, -0.25) is 4.79 Å². The lowest BCUT2D eigenvalue weighted by atomic mass is 10.2. The van der Waals surface area contributed by atoms with Gasteiger partial charge in [-0.2, -0.15) is 9.57 Å². The molecule has 1 aromatic carbocycles. The summed E-state index contributed by atoms with van der Waals surface area (Å²) in [5.74, 6) is -0.956. The molecule has 1 aromatic rings. The van der Waals surface area contributed by atoms with Crippen LogP contribution in [0, 0.1) is 11.3 Å². The number of amides is 1. The number of carbonyl (C=O) groups is 2. The van der Waals surface area contributed by atoms with Crippen LogP contribution in [0.3, 0.4) is 0 Å². The maximum Gasteiger partial charge on any atom is 0.330 e. The summed E-state index contributed by atoms with van der Waals surface area (Å²) < 4.78 is 31.6. The second kappa shape index (κ2) is 9.30. The SMILES string of the molecule is CC/C=C/C(=O)OCC(=O)N1CCN(S(=O)(=O)c2ccccc2C#N)CC1. The second-order valence-electron chi connectivity index (χ2n) is 5.81. The minimum Gasteiger partial charge on any atom is -0.452 e. The molecule has 0 bridgehead atoms. The Morgan fingerprint density at radius 2 is 1.89 bits per heavy atom. The van der Waals surface area contributed by atoms with E-state index in [-0.39, 0.29) is 49.2 Å². The fraction of sp³-hybridized carbons (Fsp3) is 0.389. The molecule has 1 saturated heterocycles. The third kappa shape index (κ3) is 5.15. The Morgan fingerprint density at radius 1 is 1.22 bits per heavy atom. The van der Waals surface area contributed by atoms with E-state index < -0.39 is 16.0 Å². The number of hydrogen-bond acceptors (Lipinski definition) is 6. The highest BCUT2D eigenvalue weighted by Gasteiger charge is 2.31. The van der Waals surface area contributed by atoms with Crippen molar-refractivity contribution in [3.8, 4) is 6.07 Å². The molecule has 1 heterocycles. The zero-order valence-electron chi connectivity index (χ0n) is 15.0. The van der Waals surface area contributed by atoms with Crippen LogP contribution in [0.1, 0.15) is 18.9 Å². The first-order valence-corrected chi connectivity index (χ1v) is 9.94. The number of rotatable bonds is 6. The summed E-state index contributed by atoms with van der Waals surface area (Å²) in [4.78, 5) is 24.9. The molecule has 1 aliphatic heterocycles. The topological polar surface area (TPSA) is 108 Å². The highest BCUT2D eigenvalue weighted by Crippen LogP contribution is 2.21. The summed E-state index contributed by atoms with van der Waals surface area (Å²) in [5.41, 5.74) is 0.0862. The number of nitriles is 1. The Hall–Kier alpha value is -2.70. The van der Waals surface area contributed by atoms with Gasteiger partial charge in [-0.25, -0.2) is 13.2 Å². The highest BCUT2D eigenvalue weighted by atomic mass is 32.2. The number of benzene rings is 1. The first-order valence-electron chi connectivity index (χ1n) is 8.50. The lowest BCUT2D eigenvalue weighted by Crippen LogP contribution is -2.51. The van der Waals surface area contributed by atoms with E-state index in [1.165, 1.54) is 27.4 Å². The molecular weight excluding hydrogens is 370 g/mol. The fourth-order valence-electron chi connectivity index (χ4n) is 2.59. The van der Waals surface area contributed by atoms with Crippen molar-refractivity contribution < 1.29 is 22.7 Å². The van der Waals surface area contributed by atoms with Crippen LogP contribution in [-0.2, 0) is 24.3 Å². The average molecular weight is 391 g/mol. The lowest BCUT2D eigenvalue weighted by Gasteiger charge is -2.34. The molecule has 0 atom stereocenters. The summed E-state index contributed by atoms with van der Waals surface area (Å²) in [6.07, 6.45) is 3.59. The first-order chi connectivity index (χ1) is 12.9. The third-order valence-electron chi connectivity index (χ3n) is 4.04. The van der Waals surface area contributed by atoms with Crippen LogP contribution in [0.5, 0.6) is 0 Å². The largest absolute Gasteiger partial charge is 0.452 e. The maximum absolute atomic E-state index is 12.8. The normalized spacial score (nSPS) is 15.5. The molecule has 0 aliphatic carbocycles. The zero-order valence-corrected chi connectivity index (χ0v) is 15.8. The van der Waals surface area contributed by atoms with Crippen molar-refractivity contribution in [1.82, 2.24) is 9.21 Å². The Morgan fingerprint density at radius 3 is 2.52 bits per heavy atom. The van der Waals surface area contributed by atoms with Gasteiger partial charge in [0, 0.05) is 32.3 Å². The molecule has 0 unspecified atom stereocenters. The minimum atomic E-state index is -3.81. The molecular formula is C18H21N3O5S. The van der Waals surface area contributed by atoms with Gasteiger partial charge in [0.2, 0.25) is 10.0 Å². The van der Waals surface area contributed by atoms with Crippen molar-refractivity contribution in [2.45, 2.75) is 18.2 Å². The van der Waals surface area contributed by atoms with E-state index in [0.29, 0.717) is 6.42 Å². The van der Waals surface area contributed by atoms with Crippen LogP contribution in [0.15, 0.2) is 41.3 Å². The van der Waals surface area contributed by atoms with Gasteiger partial charge in [0.25, 0.3) is 5.91 Å². The number of piperazine rings is 1. The average Bonchev–Trinajstić information content (AvgIpc) is 2.70. The molecule has 1 aliphatic rings. The number of allylic oxidation sites excluding steroid dienone is 1. The van der Waals surface area contributed by atoms with Crippen molar-refractivity contribution in [1.29, 1.82) is 5.26 Å². The van der Waals surface area contributed by atoms with Gasteiger partial charge in [-0.1, -0.05) is 25.1 Å². The Kier molecular flexibility index (Phi) is 7.10. The number of ether oxygens (including phenoxy) is 1. The summed E-state index contributed by atoms with van der Waals surface area (Å²) in [6.45, 7) is 2.09. The van der Waals surface area contributed by atoms with Gasteiger partial charge in [0.15, 0.2) is 6.61 Å². The smallest absolute Gasteiger partial charge is 0.330 e. The molecule has 2 rings (SSSR count). The third-order valence-corrected chi connectivity index (χ3v) is 6.00. The fourth-order valence-corrected chi connectivity index (χ4v) is 4.15. The van der Waals surface area contributed by atoms with Crippen LogP contribution >= 0.6 is 0 Å². The maximum atomic E-state index is 12.8. The van der Waals surface area contributed by atoms with Crippen molar-refractivity contribution >= 4 is 21.9 Å². The molecule has 27 heavy (non-hydrogen) atoms. The number of carbonyl (C=O) groups excluding carboxylic acids is 2. The molecule has 9 heteroatoms. The Labute approximate surface area is 158 Å². The molecule has 0 N–H and O–H groups in total. The number of nitrogens with zero attached hydrogens (tertiary/aromatic N) is 3. The Bertz CT molecular complexity index is 865. The van der Waals surface area contributed by atoms with Gasteiger partial charge < -0.3 is 9.64 Å². The quantitative estimate of drug-likeness (QED) is 0.527. The molecule has 0 spiro atoms. The number of hydrogen-bond donors (Lipinski definition) is 0. The predicted molar refractivity (Wildman–Crippen MR) is 96.9 cm³/mol. The molecule has 0 aromatic heterocycles. The van der Waals surface area contributed by atoms with E-state index in [1.807, 2.05) is 13.0 Å². The van der Waals surface area contributed by atoms with E-state index >= 15 is 0 Å². The van der Waals surface area contributed by atoms with Crippen LogP contribution in [-0.4, -0.2) is 62.3 Å². The van der Waals surface area contributed by atoms with Crippen LogP contribution < -0.4 is 0 Å². The Balaban J connectivity index is 1.95. The van der Waals surface area contributed by atoms with E-state index in [1.54, 1.807) is 18.2 Å². The summed E-state index contributed by atoms with van der Waals surface area (Å²) in [6, 6.07) is 7.90. The van der Waals surface area contributed by atoms with Crippen LogP contribution in [0.4, 0.5) is 0 Å². The van der Waals surface area contributed by atoms with Crippen molar-refractivity contribution in [3.05, 3.63) is 42.0 Å². The molecule has 0 saturated carbocycles. The number of esters is 1. The lowest BCUT2D eigenvalue weighted by molar-refractivity contribution is -0.148. The van der Waals surface area contributed by atoms with E-state index in [2.05, 4.69) is 0 Å². The van der Waals surface area contributed by atoms with Crippen LogP contribution in [0.2, 0.25) is 0 Å². The summed E-state index contributed by atoms with van der Waals surface area (Å²) >= 11 is 0. The van der Waals surface area contributed by atoms with Crippen LogP contribution in [0.25, 0.3) is 0 Å². The van der Waals surface area contributed by atoms with Gasteiger partial charge in [-0.15, -0.1) is 0 Å². The molecule has 8 nitrogen and oxygen atoms in total. The monoisotopic (exact) mass is 391 g/mol. The highest BCUT2D eigenvalue weighted by molar-refractivity contribution is 7.89. The van der Waals surface area contributed by atoms with Crippen molar-refractivity contribution in [2.24, 2.45) is 0 Å². The van der Waals surface area contributed by atoms with E-state index in [4.69, 9.17) is 10.00 Å².